The summed E-state index contributed by atoms with van der Waals surface area (Å²) in [6.07, 6.45) is 5.11. The third-order valence-corrected chi connectivity index (χ3v) is 4.63. The van der Waals surface area contributed by atoms with Crippen molar-refractivity contribution in [2.45, 2.75) is 25.4 Å². The Kier molecular flexibility index (Phi) is 5.11. The van der Waals surface area contributed by atoms with Gasteiger partial charge in [0.1, 0.15) is 5.69 Å². The average Bonchev–Trinajstić information content (AvgIpc) is 3.37. The number of nitrogens with one attached hydrogen (secondary N) is 2. The van der Waals surface area contributed by atoms with Gasteiger partial charge in [-0.05, 0) is 37.6 Å². The summed E-state index contributed by atoms with van der Waals surface area (Å²) < 4.78 is 30.5. The lowest BCUT2D eigenvalue weighted by atomic mass is 10.1. The minimum absolute atomic E-state index is 0.0970. The molecule has 2 aromatic heterocycles. The molecule has 0 spiro atoms. The van der Waals surface area contributed by atoms with Crippen molar-refractivity contribution >= 4 is 5.91 Å². The molecular formula is C18H19F2N7O. The van der Waals surface area contributed by atoms with Gasteiger partial charge in [0.05, 0.1) is 24.5 Å². The molecule has 3 aromatic rings. The molecule has 0 aliphatic carbocycles. The number of hydrogen-bond acceptors (Lipinski definition) is 5. The summed E-state index contributed by atoms with van der Waals surface area (Å²) in [4.78, 5) is 12.3. The molecule has 1 atom stereocenters. The Hall–Kier alpha value is -3.14. The van der Waals surface area contributed by atoms with E-state index in [4.69, 9.17) is 0 Å². The molecule has 0 bridgehead atoms. The lowest BCUT2D eigenvalue weighted by Crippen LogP contribution is -2.32. The second-order valence-electron chi connectivity index (χ2n) is 6.59. The van der Waals surface area contributed by atoms with Gasteiger partial charge in [0.2, 0.25) is 0 Å². The van der Waals surface area contributed by atoms with Gasteiger partial charge in [0.15, 0.2) is 17.3 Å². The Morgan fingerprint density at radius 2 is 2.11 bits per heavy atom. The number of carbonyl (C=O) groups excluding carboxylic acids is 1. The molecule has 1 amide bonds. The fraction of sp³-hybridized carbons (Fsp3) is 0.333. The van der Waals surface area contributed by atoms with Gasteiger partial charge in [-0.1, -0.05) is 11.3 Å². The number of carbonyl (C=O) groups is 1. The van der Waals surface area contributed by atoms with E-state index in [9.17, 15) is 13.6 Å². The van der Waals surface area contributed by atoms with Crippen LogP contribution in [0.5, 0.6) is 0 Å². The van der Waals surface area contributed by atoms with Gasteiger partial charge in [-0.2, -0.15) is 5.10 Å². The van der Waals surface area contributed by atoms with E-state index >= 15 is 0 Å². The number of rotatable bonds is 5. The molecule has 1 unspecified atom stereocenters. The summed E-state index contributed by atoms with van der Waals surface area (Å²) >= 11 is 0. The fourth-order valence-corrected chi connectivity index (χ4v) is 3.17. The zero-order valence-corrected chi connectivity index (χ0v) is 15.0. The monoisotopic (exact) mass is 387 g/mol. The first-order valence-electron chi connectivity index (χ1n) is 9.01. The molecule has 1 aliphatic heterocycles. The number of benzene rings is 1. The van der Waals surface area contributed by atoms with Crippen LogP contribution in [-0.2, 0) is 6.54 Å². The molecule has 1 fully saturated rings. The van der Waals surface area contributed by atoms with Crippen molar-refractivity contribution in [3.63, 3.8) is 0 Å². The van der Waals surface area contributed by atoms with Crippen molar-refractivity contribution in [3.8, 4) is 5.69 Å². The number of nitrogens with zero attached hydrogens (tertiary/aromatic N) is 5. The quantitative estimate of drug-likeness (QED) is 0.694. The highest BCUT2D eigenvalue weighted by molar-refractivity contribution is 5.91. The van der Waals surface area contributed by atoms with Crippen LogP contribution in [0.15, 0.2) is 36.7 Å². The van der Waals surface area contributed by atoms with Gasteiger partial charge < -0.3 is 10.6 Å². The van der Waals surface area contributed by atoms with Crippen molar-refractivity contribution in [3.05, 3.63) is 59.7 Å². The summed E-state index contributed by atoms with van der Waals surface area (Å²) in [7, 11) is 0. The Bertz CT molecular complexity index is 958. The zero-order chi connectivity index (χ0) is 19.5. The normalized spacial score (nSPS) is 16.9. The SMILES string of the molecule is O=C(NCc1ccn(-c2c(F)cccc2F)n1)c1cn(C2CCCNC2)nn1. The lowest BCUT2D eigenvalue weighted by Gasteiger charge is -2.22. The third-order valence-electron chi connectivity index (χ3n) is 4.63. The molecule has 4 rings (SSSR count). The maximum Gasteiger partial charge on any atom is 0.273 e. The van der Waals surface area contributed by atoms with Gasteiger partial charge in [0.25, 0.3) is 5.91 Å². The zero-order valence-electron chi connectivity index (χ0n) is 15.0. The molecule has 3 heterocycles. The minimum Gasteiger partial charge on any atom is -0.345 e. The number of para-hydroxylation sites is 1. The number of aromatic nitrogens is 5. The number of hydrogen-bond donors (Lipinski definition) is 2. The Morgan fingerprint density at radius 3 is 2.86 bits per heavy atom. The molecule has 0 radical (unpaired) electrons. The van der Waals surface area contributed by atoms with Crippen LogP contribution in [-0.4, -0.2) is 43.8 Å². The molecule has 8 nitrogen and oxygen atoms in total. The molecule has 1 aromatic carbocycles. The van der Waals surface area contributed by atoms with Crippen molar-refractivity contribution in [1.29, 1.82) is 0 Å². The van der Waals surface area contributed by atoms with E-state index < -0.39 is 11.6 Å². The van der Waals surface area contributed by atoms with E-state index in [1.807, 2.05) is 0 Å². The molecule has 146 valence electrons. The average molecular weight is 387 g/mol. The Balaban J connectivity index is 1.39. The largest absolute Gasteiger partial charge is 0.345 e. The van der Waals surface area contributed by atoms with E-state index in [2.05, 4.69) is 26.0 Å². The van der Waals surface area contributed by atoms with Gasteiger partial charge in [-0.15, -0.1) is 5.10 Å². The summed E-state index contributed by atoms with van der Waals surface area (Å²) in [5, 5.41) is 18.1. The lowest BCUT2D eigenvalue weighted by molar-refractivity contribution is 0.0945. The second kappa shape index (κ2) is 7.85. The standard InChI is InChI=1S/C18H19F2N7O/c19-14-4-1-5-15(20)17(14)26-8-6-12(24-26)9-22-18(28)16-11-27(25-23-16)13-3-2-7-21-10-13/h1,4-6,8,11,13,21H,2-3,7,9-10H2,(H,22,28). The summed E-state index contributed by atoms with van der Waals surface area (Å²) in [6, 6.07) is 5.38. The molecule has 0 saturated carbocycles. The van der Waals surface area contributed by atoms with E-state index in [0.29, 0.717) is 5.69 Å². The maximum atomic E-state index is 13.8. The van der Waals surface area contributed by atoms with E-state index in [0.717, 1.165) is 42.7 Å². The highest BCUT2D eigenvalue weighted by Crippen LogP contribution is 2.17. The predicted octanol–water partition coefficient (Wildman–Crippen LogP) is 1.60. The van der Waals surface area contributed by atoms with Crippen molar-refractivity contribution in [1.82, 2.24) is 35.4 Å². The highest BCUT2D eigenvalue weighted by Gasteiger charge is 2.19. The first-order valence-corrected chi connectivity index (χ1v) is 9.01. The van der Waals surface area contributed by atoms with Gasteiger partial charge >= 0.3 is 0 Å². The minimum atomic E-state index is -0.715. The summed E-state index contributed by atoms with van der Waals surface area (Å²) in [6.45, 7) is 1.89. The molecule has 1 aliphatic rings. The Labute approximate surface area is 159 Å². The van der Waals surface area contributed by atoms with Crippen LogP contribution in [0.25, 0.3) is 5.69 Å². The van der Waals surface area contributed by atoms with Crippen molar-refractivity contribution < 1.29 is 13.6 Å². The number of piperidine rings is 1. The van der Waals surface area contributed by atoms with E-state index in [1.165, 1.54) is 12.3 Å². The molecule has 28 heavy (non-hydrogen) atoms. The summed E-state index contributed by atoms with van der Waals surface area (Å²) in [5.74, 6) is -1.82. The van der Waals surface area contributed by atoms with Crippen LogP contribution in [0.3, 0.4) is 0 Å². The topological polar surface area (TPSA) is 89.7 Å². The molecular weight excluding hydrogens is 368 g/mol. The van der Waals surface area contributed by atoms with Gasteiger partial charge in [-0.25, -0.2) is 18.1 Å². The van der Waals surface area contributed by atoms with E-state index in [1.54, 1.807) is 16.9 Å². The Morgan fingerprint density at radius 1 is 1.29 bits per heavy atom. The maximum absolute atomic E-state index is 13.8. The van der Waals surface area contributed by atoms with Crippen LogP contribution in [0.2, 0.25) is 0 Å². The first-order chi connectivity index (χ1) is 13.6. The molecule has 2 N–H and O–H groups in total. The van der Waals surface area contributed by atoms with Crippen molar-refractivity contribution in [2.24, 2.45) is 0 Å². The van der Waals surface area contributed by atoms with Crippen LogP contribution in [0.4, 0.5) is 8.78 Å². The van der Waals surface area contributed by atoms with E-state index in [-0.39, 0.29) is 29.9 Å². The third kappa shape index (κ3) is 3.77. The van der Waals surface area contributed by atoms with Gasteiger partial charge in [-0.3, -0.25) is 4.79 Å². The van der Waals surface area contributed by atoms with Crippen LogP contribution in [0.1, 0.15) is 35.1 Å². The van der Waals surface area contributed by atoms with Crippen molar-refractivity contribution in [2.75, 3.05) is 13.1 Å². The first kappa shape index (κ1) is 18.2. The second-order valence-corrected chi connectivity index (χ2v) is 6.59. The van der Waals surface area contributed by atoms with Gasteiger partial charge in [0, 0.05) is 12.7 Å². The molecule has 1 saturated heterocycles. The number of amides is 1. The number of halogens is 2. The molecule has 10 heteroatoms. The van der Waals surface area contributed by atoms with Crippen LogP contribution in [0, 0.1) is 11.6 Å². The summed E-state index contributed by atoms with van der Waals surface area (Å²) in [5.41, 5.74) is 0.411. The van der Waals surface area contributed by atoms with Crippen LogP contribution < -0.4 is 10.6 Å². The fourth-order valence-electron chi connectivity index (χ4n) is 3.17. The van der Waals surface area contributed by atoms with Crippen LogP contribution >= 0.6 is 0 Å². The smallest absolute Gasteiger partial charge is 0.273 e. The predicted molar refractivity (Wildman–Crippen MR) is 95.8 cm³/mol. The highest BCUT2D eigenvalue weighted by atomic mass is 19.1.